The third-order valence-corrected chi connectivity index (χ3v) is 7.88. The van der Waals surface area contributed by atoms with Crippen LogP contribution in [0.25, 0.3) is 0 Å². The van der Waals surface area contributed by atoms with E-state index in [-0.39, 0.29) is 18.1 Å². The van der Waals surface area contributed by atoms with Gasteiger partial charge < -0.3 is 30.3 Å². The Hall–Kier alpha value is -3.17. The van der Waals surface area contributed by atoms with Crippen molar-refractivity contribution in [2.75, 3.05) is 49.5 Å². The molecule has 2 aromatic rings. The molecule has 0 saturated carbocycles. The number of anilines is 2. The van der Waals surface area contributed by atoms with Gasteiger partial charge in [0.25, 0.3) is 0 Å². The van der Waals surface area contributed by atoms with Gasteiger partial charge in [-0.1, -0.05) is 24.3 Å². The number of nitrogens with one attached hydrogen (secondary N) is 2. The number of aliphatic carboxylic acids is 1. The number of pyridine rings is 1. The summed E-state index contributed by atoms with van der Waals surface area (Å²) in [5.41, 5.74) is 3.33. The molecular weight excluding hydrogens is 482 g/mol. The predicted molar refractivity (Wildman–Crippen MR) is 147 cm³/mol. The summed E-state index contributed by atoms with van der Waals surface area (Å²) in [6.45, 7) is 4.67. The van der Waals surface area contributed by atoms with E-state index in [4.69, 9.17) is 9.72 Å². The van der Waals surface area contributed by atoms with Crippen molar-refractivity contribution in [3.05, 3.63) is 53.7 Å². The number of likely N-dealkylation sites (tertiary alicyclic amines) is 1. The Morgan fingerprint density at radius 2 is 2.00 bits per heavy atom. The summed E-state index contributed by atoms with van der Waals surface area (Å²) >= 11 is 0. The van der Waals surface area contributed by atoms with Crippen LogP contribution in [-0.4, -0.2) is 84.4 Å². The molecule has 0 spiro atoms. The summed E-state index contributed by atoms with van der Waals surface area (Å²) in [6, 6.07) is 12.9. The van der Waals surface area contributed by atoms with Gasteiger partial charge in [-0.15, -0.1) is 0 Å². The van der Waals surface area contributed by atoms with E-state index in [1.807, 2.05) is 30.3 Å². The molecule has 0 unspecified atom stereocenters. The Labute approximate surface area is 224 Å². The average molecular weight is 522 g/mol. The molecule has 5 rings (SSSR count). The summed E-state index contributed by atoms with van der Waals surface area (Å²) in [5, 5.41) is 16.0. The minimum absolute atomic E-state index is 0.140. The zero-order chi connectivity index (χ0) is 26.3. The fourth-order valence-corrected chi connectivity index (χ4v) is 5.78. The Balaban J connectivity index is 1.05. The van der Waals surface area contributed by atoms with E-state index in [0.717, 1.165) is 81.9 Å². The van der Waals surface area contributed by atoms with Crippen molar-refractivity contribution >= 4 is 23.4 Å². The number of carboxylic acids is 1. The molecule has 38 heavy (non-hydrogen) atoms. The van der Waals surface area contributed by atoms with Crippen LogP contribution in [0.3, 0.4) is 0 Å². The van der Waals surface area contributed by atoms with Crippen LogP contribution >= 0.6 is 0 Å². The van der Waals surface area contributed by atoms with Crippen LogP contribution in [0.2, 0.25) is 0 Å². The van der Waals surface area contributed by atoms with E-state index in [1.54, 1.807) is 0 Å². The van der Waals surface area contributed by atoms with Gasteiger partial charge >= 0.3 is 5.97 Å². The van der Waals surface area contributed by atoms with Gasteiger partial charge in [0.05, 0.1) is 12.7 Å². The molecule has 3 aliphatic heterocycles. The standard InChI is InChI=1S/C29H39N5O4/c35-28(26-9-5-16-34(26)23-7-2-1-3-8-23)32-25(29(36)37)13-18-33-17-12-24(20-33)38-19-14-22-11-10-21-6-4-15-30-27(21)31-22/h1-3,7-8,10-11,24-26H,4-6,9,12-20H2,(H,30,31)(H,32,35)(H,36,37)/t24-,25+,26+/m1/s1. The maximum atomic E-state index is 13.0. The number of nitrogens with zero attached hydrogens (tertiary/aromatic N) is 3. The van der Waals surface area contributed by atoms with E-state index in [0.29, 0.717) is 19.6 Å². The summed E-state index contributed by atoms with van der Waals surface area (Å²) in [6.07, 6.45) is 6.11. The molecule has 3 atom stereocenters. The van der Waals surface area contributed by atoms with Crippen molar-refractivity contribution in [3.8, 4) is 0 Å². The number of aryl methyl sites for hydroxylation is 1. The maximum absolute atomic E-state index is 13.0. The topological polar surface area (TPSA) is 107 Å². The number of ether oxygens (including phenoxy) is 1. The van der Waals surface area contributed by atoms with Crippen LogP contribution in [0.15, 0.2) is 42.5 Å². The fourth-order valence-electron chi connectivity index (χ4n) is 5.78. The molecular formula is C29H39N5O4. The summed E-state index contributed by atoms with van der Waals surface area (Å²) in [7, 11) is 0. The van der Waals surface area contributed by atoms with Gasteiger partial charge in [0.15, 0.2) is 0 Å². The average Bonchev–Trinajstić information content (AvgIpc) is 3.61. The second kappa shape index (κ2) is 12.6. The van der Waals surface area contributed by atoms with Crippen molar-refractivity contribution in [1.29, 1.82) is 0 Å². The number of hydrogen-bond acceptors (Lipinski definition) is 7. The predicted octanol–water partition coefficient (Wildman–Crippen LogP) is 2.70. The quantitative estimate of drug-likeness (QED) is 0.415. The minimum Gasteiger partial charge on any atom is -0.480 e. The lowest BCUT2D eigenvalue weighted by molar-refractivity contribution is -0.142. The molecule has 3 N–H and O–H groups in total. The van der Waals surface area contributed by atoms with Crippen molar-refractivity contribution in [1.82, 2.24) is 15.2 Å². The van der Waals surface area contributed by atoms with Gasteiger partial charge in [-0.2, -0.15) is 0 Å². The van der Waals surface area contributed by atoms with Gasteiger partial charge in [0.2, 0.25) is 5.91 Å². The Morgan fingerprint density at radius 1 is 1.13 bits per heavy atom. The zero-order valence-corrected chi connectivity index (χ0v) is 22.0. The number of carbonyl (C=O) groups is 2. The molecule has 1 amide bonds. The van der Waals surface area contributed by atoms with Crippen molar-refractivity contribution in [2.24, 2.45) is 0 Å². The highest BCUT2D eigenvalue weighted by Gasteiger charge is 2.33. The van der Waals surface area contributed by atoms with E-state index in [9.17, 15) is 14.7 Å². The second-order valence-electron chi connectivity index (χ2n) is 10.5. The highest BCUT2D eigenvalue weighted by atomic mass is 16.5. The van der Waals surface area contributed by atoms with Crippen molar-refractivity contribution < 1.29 is 19.4 Å². The lowest BCUT2D eigenvalue weighted by Crippen LogP contribution is -2.50. The van der Waals surface area contributed by atoms with Crippen LogP contribution in [-0.2, 0) is 27.2 Å². The summed E-state index contributed by atoms with van der Waals surface area (Å²) in [4.78, 5) is 34.1. The molecule has 4 heterocycles. The molecule has 204 valence electrons. The normalized spacial score (nSPS) is 22.1. The molecule has 2 fully saturated rings. The molecule has 0 aliphatic carbocycles. The van der Waals surface area contributed by atoms with E-state index >= 15 is 0 Å². The number of benzene rings is 1. The van der Waals surface area contributed by atoms with Gasteiger partial charge in [0.1, 0.15) is 17.9 Å². The van der Waals surface area contributed by atoms with Crippen LogP contribution in [0.1, 0.15) is 43.4 Å². The highest BCUT2D eigenvalue weighted by Crippen LogP contribution is 2.25. The monoisotopic (exact) mass is 521 g/mol. The van der Waals surface area contributed by atoms with Gasteiger partial charge in [-0.3, -0.25) is 4.79 Å². The van der Waals surface area contributed by atoms with Crippen molar-refractivity contribution in [3.63, 3.8) is 0 Å². The number of hydrogen-bond donors (Lipinski definition) is 3. The first-order valence-corrected chi connectivity index (χ1v) is 14.0. The summed E-state index contributed by atoms with van der Waals surface area (Å²) < 4.78 is 6.13. The van der Waals surface area contributed by atoms with Crippen LogP contribution in [0.5, 0.6) is 0 Å². The van der Waals surface area contributed by atoms with Gasteiger partial charge in [0, 0.05) is 50.5 Å². The highest BCUT2D eigenvalue weighted by molar-refractivity contribution is 5.89. The fraction of sp³-hybridized carbons (Fsp3) is 0.552. The van der Waals surface area contributed by atoms with Crippen molar-refractivity contribution in [2.45, 2.75) is 63.1 Å². The largest absolute Gasteiger partial charge is 0.480 e. The maximum Gasteiger partial charge on any atom is 0.326 e. The number of amides is 1. The van der Waals surface area contributed by atoms with Gasteiger partial charge in [-0.05, 0) is 62.3 Å². The third-order valence-electron chi connectivity index (χ3n) is 7.88. The molecule has 9 nitrogen and oxygen atoms in total. The molecule has 2 saturated heterocycles. The van der Waals surface area contributed by atoms with Crippen LogP contribution in [0.4, 0.5) is 11.5 Å². The van der Waals surface area contributed by atoms with Gasteiger partial charge in [-0.25, -0.2) is 9.78 Å². The summed E-state index contributed by atoms with van der Waals surface area (Å²) in [5.74, 6) is -0.171. The van der Waals surface area contributed by atoms with Crippen LogP contribution in [0, 0.1) is 0 Å². The first kappa shape index (κ1) is 26.4. The Kier molecular flexibility index (Phi) is 8.75. The van der Waals surface area contributed by atoms with Crippen LogP contribution < -0.4 is 15.5 Å². The minimum atomic E-state index is -0.985. The Morgan fingerprint density at radius 3 is 2.84 bits per heavy atom. The lowest BCUT2D eigenvalue weighted by atomic mass is 10.1. The number of fused-ring (bicyclic) bond motifs is 1. The molecule has 9 heteroatoms. The van der Waals surface area contributed by atoms with E-state index in [2.05, 4.69) is 32.6 Å². The number of carboxylic acid groups (broad SMARTS) is 1. The molecule has 0 radical (unpaired) electrons. The molecule has 1 aromatic carbocycles. The third kappa shape index (κ3) is 6.63. The number of carbonyl (C=O) groups excluding carboxylic acids is 1. The first-order valence-electron chi connectivity index (χ1n) is 14.0. The Bertz CT molecular complexity index is 1100. The smallest absolute Gasteiger partial charge is 0.326 e. The first-order chi connectivity index (χ1) is 18.6. The lowest BCUT2D eigenvalue weighted by Gasteiger charge is -2.27. The number of aromatic nitrogens is 1. The number of rotatable bonds is 11. The SMILES string of the molecule is O=C(O)[C@H](CCN1CC[C@@H](OCCc2ccc3c(n2)NCCC3)C1)NC(=O)[C@@H]1CCCN1c1ccccc1. The zero-order valence-electron chi connectivity index (χ0n) is 22.0. The molecule has 3 aliphatic rings. The van der Waals surface area contributed by atoms with E-state index in [1.165, 1.54) is 5.56 Å². The van der Waals surface area contributed by atoms with E-state index < -0.39 is 12.0 Å². The molecule has 1 aromatic heterocycles. The molecule has 0 bridgehead atoms. The number of para-hydroxylation sites is 1. The second-order valence-corrected chi connectivity index (χ2v) is 10.5.